The molecule has 9 nitrogen and oxygen atoms in total. The zero-order valence-electron chi connectivity index (χ0n) is 18.0. The number of carbonyl (C=O) groups excluding carboxylic acids is 4. The molecule has 0 aliphatic rings. The van der Waals surface area contributed by atoms with Crippen LogP contribution in [-0.2, 0) is 42.6 Å². The topological polar surface area (TPSA) is 114 Å². The van der Waals surface area contributed by atoms with E-state index in [9.17, 15) is 19.2 Å². The van der Waals surface area contributed by atoms with Crippen molar-refractivity contribution in [2.45, 2.75) is 45.0 Å². The van der Waals surface area contributed by atoms with Gasteiger partial charge >= 0.3 is 23.9 Å². The summed E-state index contributed by atoms with van der Waals surface area (Å²) in [5.74, 6) is -3.05. The Balaban J connectivity index is 5.04. The van der Waals surface area contributed by atoms with E-state index in [1.54, 1.807) is 0 Å². The van der Waals surface area contributed by atoms with Crippen LogP contribution < -0.4 is 0 Å². The summed E-state index contributed by atoms with van der Waals surface area (Å²) in [5.41, 5.74) is 0. The lowest BCUT2D eigenvalue weighted by molar-refractivity contribution is -0.154. The summed E-state index contributed by atoms with van der Waals surface area (Å²) >= 11 is 0. The second kappa shape index (κ2) is 12.2. The van der Waals surface area contributed by atoms with Crippen LogP contribution in [0.25, 0.3) is 0 Å². The lowest BCUT2D eigenvalue weighted by Crippen LogP contribution is -2.44. The van der Waals surface area contributed by atoms with Crippen LogP contribution in [0, 0.1) is 0 Å². The van der Waals surface area contributed by atoms with Gasteiger partial charge in [-0.15, -0.1) is 0 Å². The van der Waals surface area contributed by atoms with Crippen LogP contribution in [0.5, 0.6) is 0 Å². The molecule has 1 atom stereocenters. The quantitative estimate of drug-likeness (QED) is 0.222. The third-order valence-corrected chi connectivity index (χ3v) is 8.74. The third-order valence-electron chi connectivity index (χ3n) is 4.24. The molecule has 0 unspecified atom stereocenters. The van der Waals surface area contributed by atoms with Gasteiger partial charge in [-0.05, 0) is 18.1 Å². The van der Waals surface area contributed by atoms with Crippen LogP contribution in [0.15, 0.2) is 24.3 Å². The molecule has 0 rings (SSSR count). The normalized spacial score (nSPS) is 13.2. The molecule has 29 heavy (non-hydrogen) atoms. The van der Waals surface area contributed by atoms with Gasteiger partial charge in [0.1, 0.15) is 6.61 Å². The van der Waals surface area contributed by atoms with Crippen LogP contribution >= 0.6 is 0 Å². The second-order valence-electron chi connectivity index (χ2n) is 7.47. The number of hydrogen-bond donors (Lipinski definition) is 0. The molecule has 0 spiro atoms. The lowest BCUT2D eigenvalue weighted by atomic mass is 10.2. The third kappa shape index (κ3) is 11.2. The number of hydrogen-bond acceptors (Lipinski definition) is 9. The van der Waals surface area contributed by atoms with E-state index in [1.807, 2.05) is 13.1 Å². The first-order valence-electron chi connectivity index (χ1n) is 8.85. The predicted molar refractivity (Wildman–Crippen MR) is 106 cm³/mol. The Hall–Kier alpha value is -2.46. The molecule has 0 radical (unpaired) electrons. The Bertz CT molecular complexity index is 645. The monoisotopic (exact) mass is 430 g/mol. The van der Waals surface area contributed by atoms with Crippen LogP contribution in [0.4, 0.5) is 0 Å². The summed E-state index contributed by atoms with van der Waals surface area (Å²) < 4.78 is 25.0. The molecular formula is C19H30O9Si. The summed E-state index contributed by atoms with van der Waals surface area (Å²) in [7, 11) is 0.199. The number of methoxy groups -OCH3 is 2. The average molecular weight is 431 g/mol. The molecule has 0 saturated carbocycles. The van der Waals surface area contributed by atoms with Crippen molar-refractivity contribution in [3.8, 4) is 0 Å². The van der Waals surface area contributed by atoms with E-state index in [-0.39, 0.29) is 18.3 Å². The van der Waals surface area contributed by atoms with Gasteiger partial charge in [0.2, 0.25) is 0 Å². The second-order valence-corrected chi connectivity index (χ2v) is 12.3. The molecule has 0 fully saturated rings. The highest BCUT2D eigenvalue weighted by molar-refractivity contribution is 6.74. The highest BCUT2D eigenvalue weighted by Crippen LogP contribution is 2.36. The minimum Gasteiger partial charge on any atom is -0.466 e. The van der Waals surface area contributed by atoms with E-state index in [0.29, 0.717) is 0 Å². The van der Waals surface area contributed by atoms with Gasteiger partial charge in [-0.2, -0.15) is 0 Å². The summed E-state index contributed by atoms with van der Waals surface area (Å²) in [5, 5.41) is -0.0771. The maximum absolute atomic E-state index is 11.9. The molecule has 0 aliphatic carbocycles. The molecule has 0 saturated heterocycles. The maximum atomic E-state index is 11.9. The lowest BCUT2D eigenvalue weighted by Gasteiger charge is -2.37. The van der Waals surface area contributed by atoms with Crippen LogP contribution in [0.1, 0.15) is 20.8 Å². The van der Waals surface area contributed by atoms with E-state index in [2.05, 4.69) is 30.2 Å². The van der Waals surface area contributed by atoms with Crippen molar-refractivity contribution in [3.05, 3.63) is 24.3 Å². The van der Waals surface area contributed by atoms with Gasteiger partial charge in [0.25, 0.3) is 0 Å². The van der Waals surface area contributed by atoms with Crippen LogP contribution in [0.2, 0.25) is 18.1 Å². The first-order valence-corrected chi connectivity index (χ1v) is 11.8. The first-order chi connectivity index (χ1) is 13.3. The zero-order valence-corrected chi connectivity index (χ0v) is 19.0. The SMILES string of the molecule is COC(=O)/C=C/C(=O)OC[C@@H](CO[Si](C)(C)C(C)(C)C)OC(=O)/C=C/C(=O)OC. The highest BCUT2D eigenvalue weighted by atomic mass is 28.4. The fourth-order valence-electron chi connectivity index (χ4n) is 1.47. The van der Waals surface area contributed by atoms with Crippen molar-refractivity contribution in [2.75, 3.05) is 27.4 Å². The Morgan fingerprint density at radius 1 is 0.793 bits per heavy atom. The minimum absolute atomic E-state index is 0.00227. The molecule has 0 aliphatic heterocycles. The van der Waals surface area contributed by atoms with E-state index in [4.69, 9.17) is 13.9 Å². The first kappa shape index (κ1) is 26.5. The molecule has 164 valence electrons. The molecule has 0 bridgehead atoms. The largest absolute Gasteiger partial charge is 0.466 e. The zero-order chi connectivity index (χ0) is 22.7. The Morgan fingerprint density at radius 2 is 1.24 bits per heavy atom. The van der Waals surface area contributed by atoms with Crippen molar-refractivity contribution in [2.24, 2.45) is 0 Å². The number of esters is 4. The van der Waals surface area contributed by atoms with Gasteiger partial charge in [0, 0.05) is 24.3 Å². The minimum atomic E-state index is -2.15. The van der Waals surface area contributed by atoms with Crippen molar-refractivity contribution in [1.29, 1.82) is 0 Å². The Morgan fingerprint density at radius 3 is 1.69 bits per heavy atom. The fraction of sp³-hybridized carbons (Fsp3) is 0.579. The van der Waals surface area contributed by atoms with E-state index < -0.39 is 38.3 Å². The van der Waals surface area contributed by atoms with Crippen LogP contribution in [-0.4, -0.2) is 65.7 Å². The molecule has 0 aromatic carbocycles. The number of ether oxygens (including phenoxy) is 4. The predicted octanol–water partition coefficient (Wildman–Crippen LogP) is 1.92. The van der Waals surface area contributed by atoms with Gasteiger partial charge in [-0.25, -0.2) is 19.2 Å². The van der Waals surface area contributed by atoms with E-state index >= 15 is 0 Å². The number of carbonyl (C=O) groups is 4. The molecule has 0 aromatic rings. The summed E-state index contributed by atoms with van der Waals surface area (Å²) in [4.78, 5) is 45.7. The van der Waals surface area contributed by atoms with E-state index in [1.165, 1.54) is 14.2 Å². The van der Waals surface area contributed by atoms with Gasteiger partial charge in [0.15, 0.2) is 14.4 Å². The Kier molecular flexibility index (Phi) is 11.1. The van der Waals surface area contributed by atoms with Crippen molar-refractivity contribution in [3.63, 3.8) is 0 Å². The van der Waals surface area contributed by atoms with Crippen molar-refractivity contribution in [1.82, 2.24) is 0 Å². The highest BCUT2D eigenvalue weighted by Gasteiger charge is 2.38. The molecule has 10 heteroatoms. The standard InChI is InChI=1S/C19H30O9Si/c1-19(2,3)29(6,7)27-13-14(28-18(23)11-9-16(21)25-5)12-26-17(22)10-8-15(20)24-4/h8-11,14H,12-13H2,1-7H3/b10-8+,11-9+/t14-/m0/s1. The van der Waals surface area contributed by atoms with Gasteiger partial charge in [-0.3, -0.25) is 0 Å². The fourth-order valence-corrected chi connectivity index (χ4v) is 2.50. The Labute approximate surface area is 172 Å². The summed E-state index contributed by atoms with van der Waals surface area (Å²) in [6.45, 7) is 9.91. The summed E-state index contributed by atoms with van der Waals surface area (Å²) in [6.07, 6.45) is 2.73. The van der Waals surface area contributed by atoms with E-state index in [0.717, 1.165) is 24.3 Å². The molecule has 0 heterocycles. The van der Waals surface area contributed by atoms with Crippen molar-refractivity contribution < 1.29 is 42.6 Å². The molecular weight excluding hydrogens is 400 g/mol. The van der Waals surface area contributed by atoms with Crippen LogP contribution in [0.3, 0.4) is 0 Å². The summed E-state index contributed by atoms with van der Waals surface area (Å²) in [6, 6.07) is 0. The number of rotatable bonds is 10. The molecule has 0 amide bonds. The molecule has 0 aromatic heterocycles. The van der Waals surface area contributed by atoms with Gasteiger partial charge in [0.05, 0.1) is 20.8 Å². The van der Waals surface area contributed by atoms with Crippen molar-refractivity contribution >= 4 is 32.2 Å². The average Bonchev–Trinajstić information content (AvgIpc) is 2.65. The molecule has 0 N–H and O–H groups in total. The van der Waals surface area contributed by atoms with Gasteiger partial charge < -0.3 is 23.4 Å². The van der Waals surface area contributed by atoms with Gasteiger partial charge in [-0.1, -0.05) is 20.8 Å². The maximum Gasteiger partial charge on any atom is 0.331 e. The smallest absolute Gasteiger partial charge is 0.331 e.